The number of aromatic nitrogens is 4. The first kappa shape index (κ1) is 19.5. The van der Waals surface area contributed by atoms with Crippen molar-refractivity contribution >= 4 is 11.8 Å². The standard InChI is InChI=1S/C23H26N6O2/c1-15-25-10-11-27(15)14-20(30)29-17-8-9-18(29)13-28-19(12-17)21(23(31)24-2)26-22(28)16-6-4-3-5-7-16/h3-7,10-11,17-18H,8-9,12-14H2,1-2H3,(H,24,31)/t17-,18+/m0/s1. The van der Waals surface area contributed by atoms with Gasteiger partial charge in [-0.25, -0.2) is 9.97 Å². The van der Waals surface area contributed by atoms with Crippen molar-refractivity contribution in [3.63, 3.8) is 0 Å². The first-order valence-electron chi connectivity index (χ1n) is 10.7. The molecule has 2 aliphatic heterocycles. The molecule has 8 nitrogen and oxygen atoms in total. The van der Waals surface area contributed by atoms with Crippen molar-refractivity contribution in [2.24, 2.45) is 0 Å². The second-order valence-corrected chi connectivity index (χ2v) is 8.28. The van der Waals surface area contributed by atoms with Gasteiger partial charge in [0.15, 0.2) is 0 Å². The zero-order valence-electron chi connectivity index (χ0n) is 17.8. The summed E-state index contributed by atoms with van der Waals surface area (Å²) in [5.41, 5.74) is 2.36. The summed E-state index contributed by atoms with van der Waals surface area (Å²) in [7, 11) is 1.63. The Balaban J connectivity index is 1.52. The lowest BCUT2D eigenvalue weighted by Crippen LogP contribution is -2.43. The number of hydrogen-bond acceptors (Lipinski definition) is 4. The topological polar surface area (TPSA) is 85.0 Å². The van der Waals surface area contributed by atoms with Crippen molar-refractivity contribution < 1.29 is 9.59 Å². The maximum absolute atomic E-state index is 13.3. The van der Waals surface area contributed by atoms with Crippen molar-refractivity contribution in [1.29, 1.82) is 0 Å². The van der Waals surface area contributed by atoms with E-state index in [1.54, 1.807) is 13.2 Å². The van der Waals surface area contributed by atoms with Crippen molar-refractivity contribution in [2.45, 2.75) is 51.4 Å². The quantitative estimate of drug-likeness (QED) is 0.703. The number of carbonyl (C=O) groups excluding carboxylic acids is 2. The largest absolute Gasteiger partial charge is 0.354 e. The van der Waals surface area contributed by atoms with Gasteiger partial charge in [-0.1, -0.05) is 30.3 Å². The van der Waals surface area contributed by atoms with Crippen LogP contribution in [-0.2, 0) is 24.3 Å². The van der Waals surface area contributed by atoms with Crippen LogP contribution in [0.3, 0.4) is 0 Å². The SMILES string of the molecule is CNC(=O)c1nc(-c2ccccc2)n2c1C[C@@H]1CC[C@H](C2)N1C(=O)Cn1ccnc1C. The van der Waals surface area contributed by atoms with E-state index in [1.807, 2.05) is 48.0 Å². The number of imidazole rings is 2. The number of nitrogens with one attached hydrogen (secondary N) is 1. The molecule has 2 bridgehead atoms. The predicted octanol–water partition coefficient (Wildman–Crippen LogP) is 2.03. The van der Waals surface area contributed by atoms with Gasteiger partial charge in [-0.05, 0) is 19.8 Å². The molecule has 0 radical (unpaired) electrons. The first-order chi connectivity index (χ1) is 15.1. The average molecular weight is 419 g/mol. The lowest BCUT2D eigenvalue weighted by atomic mass is 10.1. The van der Waals surface area contributed by atoms with E-state index in [0.29, 0.717) is 25.2 Å². The van der Waals surface area contributed by atoms with E-state index >= 15 is 0 Å². The number of aryl methyl sites for hydroxylation is 1. The smallest absolute Gasteiger partial charge is 0.271 e. The Bertz CT molecular complexity index is 1130. The van der Waals surface area contributed by atoms with E-state index < -0.39 is 0 Å². The highest BCUT2D eigenvalue weighted by molar-refractivity contribution is 5.94. The summed E-state index contributed by atoms with van der Waals surface area (Å²) in [6.45, 7) is 2.85. The molecule has 0 saturated carbocycles. The highest BCUT2D eigenvalue weighted by atomic mass is 16.2. The molecule has 0 aliphatic carbocycles. The minimum Gasteiger partial charge on any atom is -0.354 e. The molecular formula is C23H26N6O2. The predicted molar refractivity (Wildman–Crippen MR) is 115 cm³/mol. The molecule has 8 heteroatoms. The van der Waals surface area contributed by atoms with Crippen LogP contribution >= 0.6 is 0 Å². The molecule has 1 fully saturated rings. The summed E-state index contributed by atoms with van der Waals surface area (Å²) in [5, 5.41) is 2.72. The third-order valence-electron chi connectivity index (χ3n) is 6.51. The molecule has 2 aromatic heterocycles. The van der Waals surface area contributed by atoms with Crippen LogP contribution < -0.4 is 5.32 Å². The van der Waals surface area contributed by atoms with E-state index in [4.69, 9.17) is 4.98 Å². The molecule has 2 amide bonds. The summed E-state index contributed by atoms with van der Waals surface area (Å²) < 4.78 is 4.05. The van der Waals surface area contributed by atoms with Gasteiger partial charge in [0.1, 0.15) is 23.9 Å². The van der Waals surface area contributed by atoms with Crippen LogP contribution in [0.5, 0.6) is 0 Å². The molecular weight excluding hydrogens is 392 g/mol. The maximum atomic E-state index is 13.3. The molecule has 0 unspecified atom stereocenters. The summed E-state index contributed by atoms with van der Waals surface area (Å²) in [6.07, 6.45) is 6.10. The zero-order valence-corrected chi connectivity index (χ0v) is 17.8. The van der Waals surface area contributed by atoms with Gasteiger partial charge in [-0.2, -0.15) is 0 Å². The van der Waals surface area contributed by atoms with Crippen LogP contribution in [0.25, 0.3) is 11.4 Å². The molecule has 5 rings (SSSR count). The van der Waals surface area contributed by atoms with E-state index in [9.17, 15) is 9.59 Å². The monoisotopic (exact) mass is 418 g/mol. The van der Waals surface area contributed by atoms with Gasteiger partial charge in [-0.15, -0.1) is 0 Å². The highest BCUT2D eigenvalue weighted by Crippen LogP contribution is 2.35. The first-order valence-corrected chi connectivity index (χ1v) is 10.7. The Morgan fingerprint density at radius 1 is 1.16 bits per heavy atom. The van der Waals surface area contributed by atoms with E-state index in [-0.39, 0.29) is 23.9 Å². The van der Waals surface area contributed by atoms with Gasteiger partial charge in [-0.3, -0.25) is 9.59 Å². The van der Waals surface area contributed by atoms with E-state index in [1.165, 1.54) is 0 Å². The van der Waals surface area contributed by atoms with Gasteiger partial charge in [0, 0.05) is 44.0 Å². The van der Waals surface area contributed by atoms with Gasteiger partial charge in [0.2, 0.25) is 5.91 Å². The molecule has 1 saturated heterocycles. The van der Waals surface area contributed by atoms with Gasteiger partial charge in [0.05, 0.1) is 11.7 Å². The number of hydrogen-bond donors (Lipinski definition) is 1. The second kappa shape index (κ2) is 7.68. The summed E-state index contributed by atoms with van der Waals surface area (Å²) in [5.74, 6) is 1.55. The average Bonchev–Trinajstić information content (AvgIpc) is 3.43. The fourth-order valence-corrected chi connectivity index (χ4v) is 4.98. The fraction of sp³-hybridized carbons (Fsp3) is 0.391. The number of carbonyl (C=O) groups is 2. The van der Waals surface area contributed by atoms with Gasteiger partial charge in [0.25, 0.3) is 5.91 Å². The number of amides is 2. The number of fused-ring (bicyclic) bond motifs is 3. The summed E-state index contributed by atoms with van der Waals surface area (Å²) in [6, 6.07) is 10.1. The van der Waals surface area contributed by atoms with Gasteiger partial charge >= 0.3 is 0 Å². The zero-order chi connectivity index (χ0) is 21.5. The number of benzene rings is 1. The minimum absolute atomic E-state index is 0.0753. The number of rotatable bonds is 4. The van der Waals surface area contributed by atoms with Crippen molar-refractivity contribution in [3.8, 4) is 11.4 Å². The van der Waals surface area contributed by atoms with Crippen LogP contribution in [-0.4, -0.2) is 54.9 Å². The molecule has 2 atom stereocenters. The normalized spacial score (nSPS) is 19.7. The molecule has 1 aromatic carbocycles. The third-order valence-corrected chi connectivity index (χ3v) is 6.51. The van der Waals surface area contributed by atoms with Gasteiger partial charge < -0.3 is 19.4 Å². The molecule has 0 spiro atoms. The van der Waals surface area contributed by atoms with Crippen LogP contribution in [0, 0.1) is 6.92 Å². The molecule has 1 N–H and O–H groups in total. The maximum Gasteiger partial charge on any atom is 0.271 e. The van der Waals surface area contributed by atoms with Crippen LogP contribution in [0.1, 0.15) is 34.8 Å². The Morgan fingerprint density at radius 3 is 2.65 bits per heavy atom. The van der Waals surface area contributed by atoms with Crippen LogP contribution in [0.4, 0.5) is 0 Å². The molecule has 3 aromatic rings. The molecule has 31 heavy (non-hydrogen) atoms. The fourth-order valence-electron chi connectivity index (χ4n) is 4.98. The van der Waals surface area contributed by atoms with Crippen LogP contribution in [0.15, 0.2) is 42.7 Å². The Hall–Kier alpha value is -3.42. The Morgan fingerprint density at radius 2 is 1.94 bits per heavy atom. The van der Waals surface area contributed by atoms with E-state index in [0.717, 1.165) is 35.7 Å². The number of nitrogens with zero attached hydrogens (tertiary/aromatic N) is 5. The highest BCUT2D eigenvalue weighted by Gasteiger charge is 2.42. The molecule has 160 valence electrons. The summed E-state index contributed by atoms with van der Waals surface area (Å²) >= 11 is 0. The lowest BCUT2D eigenvalue weighted by molar-refractivity contribution is -0.134. The van der Waals surface area contributed by atoms with Crippen LogP contribution in [0.2, 0.25) is 0 Å². The lowest BCUT2D eigenvalue weighted by Gasteiger charge is -2.28. The Kier molecular flexibility index (Phi) is 4.84. The molecule has 2 aliphatic rings. The minimum atomic E-state index is -0.185. The molecule has 4 heterocycles. The van der Waals surface area contributed by atoms with E-state index in [2.05, 4.69) is 19.8 Å². The van der Waals surface area contributed by atoms with Crippen molar-refractivity contribution in [3.05, 3.63) is 59.9 Å². The Labute approximate surface area is 180 Å². The second-order valence-electron chi connectivity index (χ2n) is 8.28. The third kappa shape index (κ3) is 3.32. The van der Waals surface area contributed by atoms with Crippen molar-refractivity contribution in [1.82, 2.24) is 29.3 Å². The van der Waals surface area contributed by atoms with Crippen molar-refractivity contribution in [2.75, 3.05) is 7.05 Å². The summed E-state index contributed by atoms with van der Waals surface area (Å²) in [4.78, 5) is 37.0.